The molecular formula is C15H18ClFN4O2. The molecule has 6 nitrogen and oxygen atoms in total. The summed E-state index contributed by atoms with van der Waals surface area (Å²) in [4.78, 5) is 20.0. The summed E-state index contributed by atoms with van der Waals surface area (Å²) in [6.07, 6.45) is 5.61. The smallest absolute Gasteiger partial charge is 0.227 e. The van der Waals surface area contributed by atoms with Gasteiger partial charge in [0.2, 0.25) is 11.2 Å². The van der Waals surface area contributed by atoms with Crippen LogP contribution in [0, 0.1) is 23.6 Å². The highest BCUT2D eigenvalue weighted by molar-refractivity contribution is 6.28. The molecule has 2 N–H and O–H groups in total. The molecule has 2 bridgehead atoms. The van der Waals surface area contributed by atoms with Crippen LogP contribution in [0.3, 0.4) is 0 Å². The Labute approximate surface area is 138 Å². The molecule has 8 heteroatoms. The zero-order chi connectivity index (χ0) is 16.6. The standard InChI is InChI=1S/C15H18ClFN4O2/c1-7(23-2)19-14(22)11-8-3-4-9(5-8)12(11)20-13-10(17)6-18-15(16)21-13/h3-4,6-9,11-12H,5H2,1-2H3,(H,19,22)(H,18,20,21)/t7-,8-,9+,11?,12-/m0/s1. The first-order chi connectivity index (χ1) is 11.0. The fourth-order valence-electron chi connectivity index (χ4n) is 3.34. The molecule has 1 fully saturated rings. The number of aromatic nitrogens is 2. The molecule has 1 aromatic rings. The first-order valence-corrected chi connectivity index (χ1v) is 7.83. The molecule has 0 aromatic carbocycles. The van der Waals surface area contributed by atoms with Crippen LogP contribution < -0.4 is 10.6 Å². The third-order valence-electron chi connectivity index (χ3n) is 4.48. The van der Waals surface area contributed by atoms with Gasteiger partial charge in [-0.2, -0.15) is 4.98 Å². The van der Waals surface area contributed by atoms with Crippen LogP contribution in [0.15, 0.2) is 18.3 Å². The summed E-state index contributed by atoms with van der Waals surface area (Å²) < 4.78 is 19.0. The van der Waals surface area contributed by atoms with Crippen LogP contribution >= 0.6 is 11.6 Å². The Balaban J connectivity index is 1.80. The number of fused-ring (bicyclic) bond motifs is 2. The lowest BCUT2D eigenvalue weighted by Gasteiger charge is -2.29. The van der Waals surface area contributed by atoms with Crippen molar-refractivity contribution >= 4 is 23.3 Å². The van der Waals surface area contributed by atoms with Crippen molar-refractivity contribution in [3.05, 3.63) is 29.4 Å². The summed E-state index contributed by atoms with van der Waals surface area (Å²) in [5.74, 6) is -0.715. The van der Waals surface area contributed by atoms with Gasteiger partial charge in [-0.05, 0) is 36.8 Å². The van der Waals surface area contributed by atoms with Gasteiger partial charge in [-0.1, -0.05) is 12.2 Å². The van der Waals surface area contributed by atoms with E-state index in [4.69, 9.17) is 16.3 Å². The number of hydrogen-bond donors (Lipinski definition) is 2. The van der Waals surface area contributed by atoms with Crippen molar-refractivity contribution in [2.24, 2.45) is 17.8 Å². The Hall–Kier alpha value is -1.73. The Bertz CT molecular complexity index is 642. The molecule has 1 unspecified atom stereocenters. The fourth-order valence-corrected chi connectivity index (χ4v) is 3.47. The zero-order valence-electron chi connectivity index (χ0n) is 12.8. The maximum atomic E-state index is 13.9. The van der Waals surface area contributed by atoms with Gasteiger partial charge < -0.3 is 15.4 Å². The first-order valence-electron chi connectivity index (χ1n) is 7.45. The maximum absolute atomic E-state index is 13.9. The van der Waals surface area contributed by atoms with Gasteiger partial charge in [0, 0.05) is 13.2 Å². The van der Waals surface area contributed by atoms with E-state index in [1.54, 1.807) is 6.92 Å². The molecular weight excluding hydrogens is 323 g/mol. The van der Waals surface area contributed by atoms with Gasteiger partial charge in [-0.3, -0.25) is 4.79 Å². The predicted octanol–water partition coefficient (Wildman–Crippen LogP) is 1.98. The average molecular weight is 341 g/mol. The summed E-state index contributed by atoms with van der Waals surface area (Å²) in [5, 5.41) is 5.81. The van der Waals surface area contributed by atoms with E-state index in [0.29, 0.717) is 0 Å². The van der Waals surface area contributed by atoms with Crippen LogP contribution in [-0.2, 0) is 9.53 Å². The number of carbonyl (C=O) groups excluding carboxylic acids is 1. The highest BCUT2D eigenvalue weighted by Gasteiger charge is 2.48. The Kier molecular flexibility index (Phi) is 4.50. The maximum Gasteiger partial charge on any atom is 0.227 e. The van der Waals surface area contributed by atoms with Crippen LogP contribution in [0.1, 0.15) is 13.3 Å². The Morgan fingerprint density at radius 3 is 2.96 bits per heavy atom. The SMILES string of the molecule is CO[C@@H](C)NC(=O)C1[C@@H](Nc2nc(Cl)ncc2F)[C@@H]2C=C[C@H]1C2. The average Bonchev–Trinajstić information content (AvgIpc) is 3.11. The second-order valence-electron chi connectivity index (χ2n) is 5.87. The summed E-state index contributed by atoms with van der Waals surface area (Å²) in [7, 11) is 1.53. The van der Waals surface area contributed by atoms with Crippen molar-refractivity contribution in [1.82, 2.24) is 15.3 Å². The summed E-state index contributed by atoms with van der Waals surface area (Å²) in [6, 6.07) is -0.241. The van der Waals surface area contributed by atoms with Crippen LogP contribution in [0.5, 0.6) is 0 Å². The van der Waals surface area contributed by atoms with Crippen molar-refractivity contribution in [3.63, 3.8) is 0 Å². The van der Waals surface area contributed by atoms with Crippen LogP contribution in [0.4, 0.5) is 10.2 Å². The Morgan fingerprint density at radius 1 is 1.48 bits per heavy atom. The molecule has 5 atom stereocenters. The van der Waals surface area contributed by atoms with E-state index in [-0.39, 0.29) is 47.0 Å². The quantitative estimate of drug-likeness (QED) is 0.487. The highest BCUT2D eigenvalue weighted by atomic mass is 35.5. The summed E-state index contributed by atoms with van der Waals surface area (Å²) in [6.45, 7) is 1.76. The predicted molar refractivity (Wildman–Crippen MR) is 83.3 cm³/mol. The molecule has 1 aromatic heterocycles. The van der Waals surface area contributed by atoms with Gasteiger partial charge in [0.1, 0.15) is 6.23 Å². The zero-order valence-corrected chi connectivity index (χ0v) is 13.5. The van der Waals surface area contributed by atoms with E-state index in [1.807, 2.05) is 6.08 Å². The monoisotopic (exact) mass is 340 g/mol. The van der Waals surface area contributed by atoms with E-state index >= 15 is 0 Å². The van der Waals surface area contributed by atoms with Crippen LogP contribution in [0.2, 0.25) is 5.28 Å². The number of rotatable bonds is 5. The van der Waals surface area contributed by atoms with Gasteiger partial charge in [0.25, 0.3) is 0 Å². The fraction of sp³-hybridized carbons (Fsp3) is 0.533. The third kappa shape index (κ3) is 3.16. The van der Waals surface area contributed by atoms with Crippen molar-refractivity contribution in [3.8, 4) is 0 Å². The van der Waals surface area contributed by atoms with Crippen LogP contribution in [0.25, 0.3) is 0 Å². The minimum atomic E-state index is -0.592. The van der Waals surface area contributed by atoms with E-state index in [1.165, 1.54) is 7.11 Å². The number of ether oxygens (including phenoxy) is 1. The largest absolute Gasteiger partial charge is 0.363 e. The normalized spacial score (nSPS) is 29.6. The van der Waals surface area contributed by atoms with Crippen molar-refractivity contribution in [2.45, 2.75) is 25.6 Å². The lowest BCUT2D eigenvalue weighted by atomic mass is 9.88. The minimum Gasteiger partial charge on any atom is -0.363 e. The lowest BCUT2D eigenvalue weighted by Crippen LogP contribution is -2.46. The van der Waals surface area contributed by atoms with E-state index in [2.05, 4.69) is 26.7 Å². The van der Waals surface area contributed by atoms with Gasteiger partial charge in [-0.15, -0.1) is 0 Å². The molecule has 0 saturated heterocycles. The molecule has 1 saturated carbocycles. The molecule has 124 valence electrons. The first kappa shape index (κ1) is 16.1. The van der Waals surface area contributed by atoms with Crippen molar-refractivity contribution < 1.29 is 13.9 Å². The lowest BCUT2D eigenvalue weighted by molar-refractivity contribution is -0.129. The van der Waals surface area contributed by atoms with E-state index in [9.17, 15) is 9.18 Å². The molecule has 3 rings (SSSR count). The molecule has 0 aliphatic heterocycles. The summed E-state index contributed by atoms with van der Waals surface area (Å²) >= 11 is 5.73. The Morgan fingerprint density at radius 2 is 2.22 bits per heavy atom. The molecule has 0 radical (unpaired) electrons. The van der Waals surface area contributed by atoms with Gasteiger partial charge >= 0.3 is 0 Å². The number of anilines is 1. The van der Waals surface area contributed by atoms with E-state index < -0.39 is 5.82 Å². The number of amides is 1. The molecule has 1 heterocycles. The molecule has 2 aliphatic rings. The number of methoxy groups -OCH3 is 1. The number of hydrogen-bond acceptors (Lipinski definition) is 5. The molecule has 2 aliphatic carbocycles. The second kappa shape index (κ2) is 6.41. The minimum absolute atomic E-state index is 0.0218. The van der Waals surface area contributed by atoms with Crippen molar-refractivity contribution in [2.75, 3.05) is 12.4 Å². The van der Waals surface area contributed by atoms with Gasteiger partial charge in [0.05, 0.1) is 12.1 Å². The number of allylic oxidation sites excluding steroid dienone is 1. The number of carbonyl (C=O) groups is 1. The number of nitrogens with zero attached hydrogens (tertiary/aromatic N) is 2. The second-order valence-corrected chi connectivity index (χ2v) is 6.20. The van der Waals surface area contributed by atoms with Crippen LogP contribution in [-0.4, -0.2) is 35.3 Å². The molecule has 23 heavy (non-hydrogen) atoms. The topological polar surface area (TPSA) is 76.1 Å². The summed E-state index contributed by atoms with van der Waals surface area (Å²) in [5.41, 5.74) is 0. The van der Waals surface area contributed by atoms with Gasteiger partial charge in [-0.25, -0.2) is 9.37 Å². The number of halogens is 2. The molecule has 0 spiro atoms. The van der Waals surface area contributed by atoms with Crippen molar-refractivity contribution in [1.29, 1.82) is 0 Å². The highest BCUT2D eigenvalue weighted by Crippen LogP contribution is 2.45. The van der Waals surface area contributed by atoms with Gasteiger partial charge in [0.15, 0.2) is 11.6 Å². The molecule has 1 amide bonds. The van der Waals surface area contributed by atoms with E-state index in [0.717, 1.165) is 12.6 Å². The number of nitrogens with one attached hydrogen (secondary N) is 2. The third-order valence-corrected chi connectivity index (χ3v) is 4.66.